The molecule has 0 unspecified atom stereocenters. The van der Waals surface area contributed by atoms with Gasteiger partial charge in [0.1, 0.15) is 17.4 Å². The molecule has 0 amide bonds. The maximum atomic E-state index is 12.6. The Morgan fingerprint density at radius 3 is 2.68 bits per heavy atom. The van der Waals surface area contributed by atoms with Gasteiger partial charge in [0.25, 0.3) is 0 Å². The monoisotopic (exact) mass is 372 g/mol. The number of nitrogens with one attached hydrogen (secondary N) is 2. The molecule has 4 rings (SSSR count). The quantitative estimate of drug-likeness (QED) is 0.538. The average molecular weight is 373 g/mol. The third-order valence-electron chi connectivity index (χ3n) is 3.93. The van der Waals surface area contributed by atoms with Crippen LogP contribution in [0, 0.1) is 0 Å². The van der Waals surface area contributed by atoms with Crippen molar-refractivity contribution in [3.8, 4) is 0 Å². The highest BCUT2D eigenvalue weighted by atomic mass is 35.5. The van der Waals surface area contributed by atoms with Gasteiger partial charge in [0, 0.05) is 17.4 Å². The summed E-state index contributed by atoms with van der Waals surface area (Å²) in [6.07, 6.45) is 1.35. The molecular formula is C17H13ClN4O2S. The van der Waals surface area contributed by atoms with Crippen LogP contribution in [0.15, 0.2) is 59.8 Å². The number of hydrogen-bond donors (Lipinski definition) is 2. The van der Waals surface area contributed by atoms with Crippen LogP contribution in [-0.2, 0) is 16.6 Å². The van der Waals surface area contributed by atoms with E-state index >= 15 is 0 Å². The molecule has 0 aliphatic carbocycles. The molecule has 6 nitrogen and oxygen atoms in total. The van der Waals surface area contributed by atoms with E-state index in [1.807, 2.05) is 30.3 Å². The van der Waals surface area contributed by atoms with E-state index in [2.05, 4.69) is 19.7 Å². The molecule has 2 aromatic carbocycles. The normalized spacial score (nSPS) is 12.0. The lowest BCUT2D eigenvalue weighted by atomic mass is 10.2. The number of benzene rings is 2. The van der Waals surface area contributed by atoms with Crippen molar-refractivity contribution in [2.45, 2.75) is 11.4 Å². The van der Waals surface area contributed by atoms with E-state index in [1.54, 1.807) is 18.2 Å². The van der Waals surface area contributed by atoms with Gasteiger partial charge < -0.3 is 4.98 Å². The minimum Gasteiger partial charge on any atom is -0.351 e. The zero-order chi connectivity index (χ0) is 17.4. The summed E-state index contributed by atoms with van der Waals surface area (Å²) in [7, 11) is -3.65. The van der Waals surface area contributed by atoms with Gasteiger partial charge in [-0.05, 0) is 23.8 Å². The first-order valence-electron chi connectivity index (χ1n) is 7.50. The summed E-state index contributed by atoms with van der Waals surface area (Å²) in [6.45, 7) is 0.225. The van der Waals surface area contributed by atoms with Gasteiger partial charge in [-0.3, -0.25) is 0 Å². The number of halogens is 1. The lowest BCUT2D eigenvalue weighted by Crippen LogP contribution is -2.23. The molecule has 2 aromatic heterocycles. The van der Waals surface area contributed by atoms with Crippen molar-refractivity contribution in [2.24, 2.45) is 0 Å². The molecule has 0 spiro atoms. The van der Waals surface area contributed by atoms with Gasteiger partial charge in [-0.25, -0.2) is 23.1 Å². The summed E-state index contributed by atoms with van der Waals surface area (Å²) in [6, 6.07) is 14.2. The molecule has 8 heteroatoms. The fraction of sp³-hybridized carbons (Fsp3) is 0.0588. The predicted molar refractivity (Wildman–Crippen MR) is 96.9 cm³/mol. The zero-order valence-electron chi connectivity index (χ0n) is 12.9. The van der Waals surface area contributed by atoms with Crippen LogP contribution >= 0.6 is 11.6 Å². The molecule has 0 saturated heterocycles. The van der Waals surface area contributed by atoms with Crippen molar-refractivity contribution in [1.82, 2.24) is 19.7 Å². The van der Waals surface area contributed by atoms with Crippen molar-refractivity contribution in [1.29, 1.82) is 0 Å². The molecule has 0 aliphatic heterocycles. The van der Waals surface area contributed by atoms with Gasteiger partial charge in [0.05, 0.1) is 4.90 Å². The van der Waals surface area contributed by atoms with Gasteiger partial charge in [-0.15, -0.1) is 0 Å². The standard InChI is InChI=1S/C17H13ClN4O2S/c18-17-16-15(19-10-20-17)13-8-12(6-7-14(13)22-16)25(23,24)21-9-11-4-2-1-3-5-11/h1-8,10,21-22H,9H2. The molecule has 0 atom stereocenters. The first-order valence-corrected chi connectivity index (χ1v) is 9.36. The summed E-state index contributed by atoms with van der Waals surface area (Å²) >= 11 is 6.06. The molecular weight excluding hydrogens is 360 g/mol. The number of sulfonamides is 1. The average Bonchev–Trinajstić information content (AvgIpc) is 3.00. The Balaban J connectivity index is 1.73. The van der Waals surface area contributed by atoms with E-state index in [-0.39, 0.29) is 11.4 Å². The van der Waals surface area contributed by atoms with Gasteiger partial charge in [0.15, 0.2) is 5.15 Å². The van der Waals surface area contributed by atoms with E-state index in [0.717, 1.165) is 11.1 Å². The van der Waals surface area contributed by atoms with Crippen LogP contribution in [0.1, 0.15) is 5.56 Å². The van der Waals surface area contributed by atoms with Crippen LogP contribution in [0.4, 0.5) is 0 Å². The highest BCUT2D eigenvalue weighted by molar-refractivity contribution is 7.89. The lowest BCUT2D eigenvalue weighted by Gasteiger charge is -2.07. The van der Waals surface area contributed by atoms with Gasteiger partial charge >= 0.3 is 0 Å². The van der Waals surface area contributed by atoms with Crippen LogP contribution in [0.5, 0.6) is 0 Å². The van der Waals surface area contributed by atoms with E-state index in [9.17, 15) is 8.42 Å². The van der Waals surface area contributed by atoms with Gasteiger partial charge in [0.2, 0.25) is 10.0 Å². The number of aromatic nitrogens is 3. The number of nitrogens with zero attached hydrogens (tertiary/aromatic N) is 2. The van der Waals surface area contributed by atoms with Gasteiger partial charge in [-0.1, -0.05) is 41.9 Å². The number of H-pyrrole nitrogens is 1. The Morgan fingerprint density at radius 2 is 1.88 bits per heavy atom. The number of hydrogen-bond acceptors (Lipinski definition) is 4. The zero-order valence-corrected chi connectivity index (χ0v) is 14.5. The first kappa shape index (κ1) is 16.0. The Bertz CT molecular complexity index is 1170. The third kappa shape index (κ3) is 2.97. The molecule has 0 saturated carbocycles. The minimum absolute atomic E-state index is 0.173. The molecule has 126 valence electrons. The Labute approximate surface area is 148 Å². The van der Waals surface area contributed by atoms with Gasteiger partial charge in [-0.2, -0.15) is 0 Å². The van der Waals surface area contributed by atoms with E-state index in [4.69, 9.17) is 11.6 Å². The van der Waals surface area contributed by atoms with E-state index in [0.29, 0.717) is 21.6 Å². The molecule has 0 aliphatic rings. The Morgan fingerprint density at radius 1 is 1.08 bits per heavy atom. The van der Waals surface area contributed by atoms with E-state index < -0.39 is 10.0 Å². The Hall–Kier alpha value is -2.48. The number of aromatic amines is 1. The minimum atomic E-state index is -3.65. The summed E-state index contributed by atoms with van der Waals surface area (Å²) in [5.41, 5.74) is 2.82. The highest BCUT2D eigenvalue weighted by Crippen LogP contribution is 2.28. The first-order chi connectivity index (χ1) is 12.0. The second kappa shape index (κ2) is 6.11. The fourth-order valence-corrected chi connectivity index (χ4v) is 3.89. The van der Waals surface area contributed by atoms with Crippen LogP contribution in [0.25, 0.3) is 21.9 Å². The molecule has 0 bridgehead atoms. The number of rotatable bonds is 4. The summed E-state index contributed by atoms with van der Waals surface area (Å²) in [4.78, 5) is 11.4. The van der Waals surface area contributed by atoms with Crippen molar-refractivity contribution in [3.05, 3.63) is 65.6 Å². The smallest absolute Gasteiger partial charge is 0.240 e. The Kier molecular flexibility index (Phi) is 3.91. The second-order valence-electron chi connectivity index (χ2n) is 5.53. The predicted octanol–water partition coefficient (Wildman–Crippen LogP) is 3.24. The van der Waals surface area contributed by atoms with Crippen LogP contribution in [0.3, 0.4) is 0 Å². The summed E-state index contributed by atoms with van der Waals surface area (Å²) in [5, 5.41) is 0.981. The lowest BCUT2D eigenvalue weighted by molar-refractivity contribution is 0.581. The van der Waals surface area contributed by atoms with Crippen molar-refractivity contribution < 1.29 is 8.42 Å². The highest BCUT2D eigenvalue weighted by Gasteiger charge is 2.17. The van der Waals surface area contributed by atoms with Crippen molar-refractivity contribution >= 4 is 43.6 Å². The number of fused-ring (bicyclic) bond motifs is 3. The third-order valence-corrected chi connectivity index (χ3v) is 5.61. The maximum absolute atomic E-state index is 12.6. The molecule has 4 aromatic rings. The molecule has 2 heterocycles. The second-order valence-corrected chi connectivity index (χ2v) is 7.66. The maximum Gasteiger partial charge on any atom is 0.240 e. The molecule has 0 fully saturated rings. The van der Waals surface area contributed by atoms with Crippen LogP contribution in [0.2, 0.25) is 5.15 Å². The summed E-state index contributed by atoms with van der Waals surface area (Å²) < 4.78 is 27.8. The van der Waals surface area contributed by atoms with Crippen molar-refractivity contribution in [2.75, 3.05) is 0 Å². The fourth-order valence-electron chi connectivity index (χ4n) is 2.67. The van der Waals surface area contributed by atoms with Crippen LogP contribution in [-0.4, -0.2) is 23.4 Å². The van der Waals surface area contributed by atoms with E-state index in [1.165, 1.54) is 6.33 Å². The largest absolute Gasteiger partial charge is 0.351 e. The molecule has 0 radical (unpaired) electrons. The summed E-state index contributed by atoms with van der Waals surface area (Å²) in [5.74, 6) is 0. The molecule has 2 N–H and O–H groups in total. The van der Waals surface area contributed by atoms with Crippen LogP contribution < -0.4 is 4.72 Å². The van der Waals surface area contributed by atoms with Crippen molar-refractivity contribution in [3.63, 3.8) is 0 Å². The topological polar surface area (TPSA) is 87.7 Å². The molecule has 25 heavy (non-hydrogen) atoms. The SMILES string of the molecule is O=S(=O)(NCc1ccccc1)c1ccc2[nH]c3c(Cl)ncnc3c2c1.